The smallest absolute Gasteiger partial charge is 0.255 e. The van der Waals surface area contributed by atoms with Crippen LogP contribution in [0.5, 0.6) is 0 Å². The number of nitrogens with one attached hydrogen (secondary N) is 1. The van der Waals surface area contributed by atoms with Crippen molar-refractivity contribution in [3.05, 3.63) is 77.9 Å². The summed E-state index contributed by atoms with van der Waals surface area (Å²) < 4.78 is 3.92. The number of imidazole rings is 1. The maximum atomic E-state index is 13.7. The number of aryl methyl sites for hydroxylation is 1. The summed E-state index contributed by atoms with van der Waals surface area (Å²) in [6.07, 6.45) is 10.9. The average Bonchev–Trinajstić information content (AvgIpc) is 3.63. The van der Waals surface area contributed by atoms with E-state index in [1.165, 1.54) is 12.8 Å². The van der Waals surface area contributed by atoms with Gasteiger partial charge in [-0.3, -0.25) is 14.3 Å². The second kappa shape index (κ2) is 9.74. The highest BCUT2D eigenvalue weighted by molar-refractivity contribution is 6.09. The second-order valence-corrected chi connectivity index (χ2v) is 9.30. The summed E-state index contributed by atoms with van der Waals surface area (Å²) in [6, 6.07) is 13.0. The van der Waals surface area contributed by atoms with Gasteiger partial charge in [-0.25, -0.2) is 4.98 Å². The monoisotopic (exact) mass is 470 g/mol. The second-order valence-electron chi connectivity index (χ2n) is 9.30. The number of hydrogen-bond donors (Lipinski definition) is 1. The molecule has 0 atom stereocenters. The van der Waals surface area contributed by atoms with Crippen LogP contribution in [-0.4, -0.2) is 49.6 Å². The number of hydrogen-bond acceptors (Lipinski definition) is 4. The standard InChI is InChI=1S/C27H30N6O2/c1-31(13-12-19-16-29-32(2)17-19)27(35)23-14-21(30-26(34)20-8-4-3-5-9-20)15-24-25(23)33(18-28-24)22-10-6-7-11-22/h3-5,8-9,14-18,22H,6-7,10-13H2,1-2H3,(H,30,34). The minimum Gasteiger partial charge on any atom is -0.341 e. The number of likely N-dealkylation sites (N-methyl/N-ethyl adjacent to an activating group) is 1. The Labute approximate surface area is 204 Å². The van der Waals surface area contributed by atoms with Crippen molar-refractivity contribution in [2.75, 3.05) is 18.9 Å². The first-order valence-corrected chi connectivity index (χ1v) is 12.1. The molecule has 1 saturated carbocycles. The van der Waals surface area contributed by atoms with Crippen LogP contribution < -0.4 is 5.32 Å². The van der Waals surface area contributed by atoms with Crippen LogP contribution in [-0.2, 0) is 13.5 Å². The summed E-state index contributed by atoms with van der Waals surface area (Å²) in [7, 11) is 3.70. The summed E-state index contributed by atoms with van der Waals surface area (Å²) in [5.41, 5.74) is 4.32. The molecule has 2 amide bonds. The molecule has 8 nitrogen and oxygen atoms in total. The number of amides is 2. The van der Waals surface area contributed by atoms with Crippen molar-refractivity contribution in [2.45, 2.75) is 38.1 Å². The van der Waals surface area contributed by atoms with Crippen LogP contribution in [0.15, 0.2) is 61.2 Å². The van der Waals surface area contributed by atoms with Gasteiger partial charge in [-0.1, -0.05) is 31.0 Å². The van der Waals surface area contributed by atoms with E-state index in [4.69, 9.17) is 0 Å². The molecule has 1 N–H and O–H groups in total. The Kier molecular flexibility index (Phi) is 6.35. The molecule has 180 valence electrons. The van der Waals surface area contributed by atoms with E-state index in [9.17, 15) is 9.59 Å². The summed E-state index contributed by atoms with van der Waals surface area (Å²) in [5, 5.41) is 7.17. The van der Waals surface area contributed by atoms with E-state index in [-0.39, 0.29) is 11.8 Å². The molecular weight excluding hydrogens is 440 g/mol. The largest absolute Gasteiger partial charge is 0.341 e. The van der Waals surface area contributed by atoms with Gasteiger partial charge < -0.3 is 14.8 Å². The van der Waals surface area contributed by atoms with E-state index in [2.05, 4.69) is 20.0 Å². The van der Waals surface area contributed by atoms with E-state index < -0.39 is 0 Å². The topological polar surface area (TPSA) is 85.1 Å². The molecule has 0 bridgehead atoms. The highest BCUT2D eigenvalue weighted by atomic mass is 16.2. The summed E-state index contributed by atoms with van der Waals surface area (Å²) in [6.45, 7) is 0.560. The quantitative estimate of drug-likeness (QED) is 0.432. The van der Waals surface area contributed by atoms with Crippen molar-refractivity contribution < 1.29 is 9.59 Å². The zero-order valence-corrected chi connectivity index (χ0v) is 20.1. The third-order valence-corrected chi connectivity index (χ3v) is 6.75. The van der Waals surface area contributed by atoms with Gasteiger partial charge in [0.25, 0.3) is 11.8 Å². The van der Waals surface area contributed by atoms with Gasteiger partial charge in [-0.15, -0.1) is 0 Å². The Morgan fingerprint density at radius 2 is 1.91 bits per heavy atom. The third kappa shape index (κ3) is 4.82. The lowest BCUT2D eigenvalue weighted by atomic mass is 10.1. The van der Waals surface area contributed by atoms with Crippen molar-refractivity contribution in [3.63, 3.8) is 0 Å². The molecular formula is C27H30N6O2. The van der Waals surface area contributed by atoms with E-state index in [0.29, 0.717) is 41.3 Å². The number of anilines is 1. The first kappa shape index (κ1) is 22.8. The molecule has 1 fully saturated rings. The number of benzene rings is 2. The minimum atomic E-state index is -0.219. The van der Waals surface area contributed by atoms with Gasteiger partial charge in [0.05, 0.1) is 29.1 Å². The van der Waals surface area contributed by atoms with Crippen LogP contribution in [0.25, 0.3) is 11.0 Å². The van der Waals surface area contributed by atoms with Crippen molar-refractivity contribution in [2.24, 2.45) is 7.05 Å². The van der Waals surface area contributed by atoms with Crippen molar-refractivity contribution in [1.29, 1.82) is 0 Å². The van der Waals surface area contributed by atoms with Crippen LogP contribution in [0, 0.1) is 0 Å². The first-order chi connectivity index (χ1) is 17.0. The lowest BCUT2D eigenvalue weighted by Gasteiger charge is -2.20. The first-order valence-electron chi connectivity index (χ1n) is 12.1. The molecule has 1 aliphatic rings. The van der Waals surface area contributed by atoms with Crippen LogP contribution in [0.2, 0.25) is 0 Å². The zero-order chi connectivity index (χ0) is 24.4. The Balaban J connectivity index is 1.47. The fourth-order valence-electron chi connectivity index (χ4n) is 4.86. The number of nitrogens with zero attached hydrogens (tertiary/aromatic N) is 5. The molecule has 0 spiro atoms. The van der Waals surface area contributed by atoms with E-state index >= 15 is 0 Å². The van der Waals surface area contributed by atoms with E-state index in [1.807, 2.05) is 57.1 Å². The molecule has 0 saturated heterocycles. The molecule has 4 aromatic rings. The SMILES string of the molecule is CN(CCc1cnn(C)c1)C(=O)c1cc(NC(=O)c2ccccc2)cc2ncn(C3CCCC3)c12. The Morgan fingerprint density at radius 1 is 1.14 bits per heavy atom. The number of rotatable bonds is 7. The lowest BCUT2D eigenvalue weighted by Crippen LogP contribution is -2.29. The van der Waals surface area contributed by atoms with Crippen LogP contribution in [0.4, 0.5) is 5.69 Å². The Bertz CT molecular complexity index is 1350. The maximum absolute atomic E-state index is 13.7. The third-order valence-electron chi connectivity index (χ3n) is 6.75. The van der Waals surface area contributed by atoms with Gasteiger partial charge >= 0.3 is 0 Å². The van der Waals surface area contributed by atoms with Crippen molar-refractivity contribution in [3.8, 4) is 0 Å². The minimum absolute atomic E-state index is 0.0885. The molecule has 2 heterocycles. The maximum Gasteiger partial charge on any atom is 0.255 e. The number of fused-ring (bicyclic) bond motifs is 1. The highest BCUT2D eigenvalue weighted by Crippen LogP contribution is 2.34. The van der Waals surface area contributed by atoms with Gasteiger partial charge in [0.15, 0.2) is 0 Å². The number of aromatic nitrogens is 4. The number of carbonyl (C=O) groups is 2. The van der Waals surface area contributed by atoms with Crippen LogP contribution in [0.1, 0.15) is 58.0 Å². The molecule has 0 unspecified atom stereocenters. The predicted molar refractivity (Wildman–Crippen MR) is 136 cm³/mol. The average molecular weight is 471 g/mol. The normalized spacial score (nSPS) is 13.9. The molecule has 2 aromatic carbocycles. The van der Waals surface area contributed by atoms with Gasteiger partial charge in [0.1, 0.15) is 0 Å². The summed E-state index contributed by atoms with van der Waals surface area (Å²) in [4.78, 5) is 32.9. The van der Waals surface area contributed by atoms with Gasteiger partial charge in [0, 0.05) is 44.1 Å². The van der Waals surface area contributed by atoms with E-state index in [1.54, 1.807) is 27.8 Å². The fourth-order valence-corrected chi connectivity index (χ4v) is 4.86. The van der Waals surface area contributed by atoms with Crippen LogP contribution in [0.3, 0.4) is 0 Å². The highest BCUT2D eigenvalue weighted by Gasteiger charge is 2.25. The number of carbonyl (C=O) groups excluding carboxylic acids is 2. The lowest BCUT2D eigenvalue weighted by molar-refractivity contribution is 0.0797. The Morgan fingerprint density at radius 3 is 2.63 bits per heavy atom. The van der Waals surface area contributed by atoms with Crippen LogP contribution >= 0.6 is 0 Å². The molecule has 0 aliphatic heterocycles. The molecule has 2 aromatic heterocycles. The molecule has 1 aliphatic carbocycles. The van der Waals surface area contributed by atoms with Gasteiger partial charge in [0.2, 0.25) is 0 Å². The van der Waals surface area contributed by atoms with Gasteiger partial charge in [-0.05, 0) is 49.1 Å². The summed E-state index contributed by atoms with van der Waals surface area (Å²) in [5.74, 6) is -0.307. The molecule has 35 heavy (non-hydrogen) atoms. The predicted octanol–water partition coefficient (Wildman–Crippen LogP) is 4.45. The molecule has 8 heteroatoms. The molecule has 0 radical (unpaired) electrons. The van der Waals surface area contributed by atoms with Crippen molar-refractivity contribution >= 4 is 28.5 Å². The van der Waals surface area contributed by atoms with Crippen molar-refractivity contribution in [1.82, 2.24) is 24.2 Å². The van der Waals surface area contributed by atoms with Gasteiger partial charge in [-0.2, -0.15) is 5.10 Å². The molecule has 5 rings (SSSR count). The Hall–Kier alpha value is -3.94. The summed E-state index contributed by atoms with van der Waals surface area (Å²) >= 11 is 0. The zero-order valence-electron chi connectivity index (χ0n) is 20.1. The fraction of sp³-hybridized carbons (Fsp3) is 0.333. The van der Waals surface area contributed by atoms with E-state index in [0.717, 1.165) is 23.9 Å².